The minimum absolute atomic E-state index is 0.0982. The van der Waals surface area contributed by atoms with Gasteiger partial charge in [-0.2, -0.15) is 0 Å². The molecule has 0 saturated heterocycles. The first-order valence-electron chi connectivity index (χ1n) is 8.62. The Bertz CT molecular complexity index is 927. The molecule has 3 rings (SSSR count). The van der Waals surface area contributed by atoms with Crippen molar-refractivity contribution in [2.75, 3.05) is 5.32 Å². The van der Waals surface area contributed by atoms with E-state index in [0.717, 1.165) is 16.7 Å². The number of H-pyrrole nitrogens is 1. The topological polar surface area (TPSA) is 54.1 Å². The Kier molecular flexibility index (Phi) is 4.72. The van der Waals surface area contributed by atoms with Crippen molar-refractivity contribution in [2.24, 2.45) is 0 Å². The van der Waals surface area contributed by atoms with E-state index in [0.29, 0.717) is 11.2 Å². The Hall–Kier alpha value is -2.82. The SMILES string of the molecule is CC(C)Oc1ccc(NC(=O)C(C)(C)c2c[nH]c3cc(F)ccc23)cc1. The lowest BCUT2D eigenvalue weighted by Crippen LogP contribution is -2.34. The summed E-state index contributed by atoms with van der Waals surface area (Å²) >= 11 is 0. The molecule has 2 aromatic carbocycles. The minimum Gasteiger partial charge on any atom is -0.491 e. The summed E-state index contributed by atoms with van der Waals surface area (Å²) in [7, 11) is 0. The van der Waals surface area contributed by atoms with E-state index in [2.05, 4.69) is 10.3 Å². The number of amides is 1. The lowest BCUT2D eigenvalue weighted by atomic mass is 9.83. The molecular formula is C21H23FN2O2. The van der Waals surface area contributed by atoms with Crippen LogP contribution in [0.3, 0.4) is 0 Å². The van der Waals surface area contributed by atoms with E-state index in [1.165, 1.54) is 12.1 Å². The van der Waals surface area contributed by atoms with Gasteiger partial charge in [-0.15, -0.1) is 0 Å². The Morgan fingerprint density at radius 1 is 1.15 bits per heavy atom. The van der Waals surface area contributed by atoms with Crippen LogP contribution >= 0.6 is 0 Å². The van der Waals surface area contributed by atoms with Crippen molar-refractivity contribution in [3.8, 4) is 5.75 Å². The predicted molar refractivity (Wildman–Crippen MR) is 102 cm³/mol. The summed E-state index contributed by atoms with van der Waals surface area (Å²) in [4.78, 5) is 15.9. The molecule has 0 unspecified atom stereocenters. The first-order chi connectivity index (χ1) is 12.3. The van der Waals surface area contributed by atoms with Gasteiger partial charge in [0.2, 0.25) is 5.91 Å². The fourth-order valence-corrected chi connectivity index (χ4v) is 2.91. The number of benzene rings is 2. The average Bonchev–Trinajstić information content (AvgIpc) is 2.99. The first-order valence-corrected chi connectivity index (χ1v) is 8.62. The number of aromatic nitrogens is 1. The van der Waals surface area contributed by atoms with Gasteiger partial charge in [-0.25, -0.2) is 4.39 Å². The van der Waals surface area contributed by atoms with Gasteiger partial charge in [-0.05, 0) is 75.7 Å². The molecule has 2 N–H and O–H groups in total. The molecule has 0 saturated carbocycles. The van der Waals surface area contributed by atoms with E-state index in [1.54, 1.807) is 12.3 Å². The maximum Gasteiger partial charge on any atom is 0.234 e. The zero-order valence-corrected chi connectivity index (χ0v) is 15.4. The summed E-state index contributed by atoms with van der Waals surface area (Å²) in [5, 5.41) is 3.78. The molecule has 3 aromatic rings. The lowest BCUT2D eigenvalue weighted by Gasteiger charge is -2.23. The van der Waals surface area contributed by atoms with Crippen molar-refractivity contribution in [1.82, 2.24) is 4.98 Å². The van der Waals surface area contributed by atoms with E-state index in [1.807, 2.05) is 52.0 Å². The molecule has 0 fully saturated rings. The molecule has 5 heteroatoms. The summed E-state index contributed by atoms with van der Waals surface area (Å²) < 4.78 is 19.0. The van der Waals surface area contributed by atoms with Crippen molar-refractivity contribution >= 4 is 22.5 Å². The third-order valence-corrected chi connectivity index (χ3v) is 4.37. The van der Waals surface area contributed by atoms with Crippen LogP contribution < -0.4 is 10.1 Å². The summed E-state index contributed by atoms with van der Waals surface area (Å²) in [6.45, 7) is 7.63. The van der Waals surface area contributed by atoms with Crippen molar-refractivity contribution in [2.45, 2.75) is 39.2 Å². The molecule has 0 bridgehead atoms. The van der Waals surface area contributed by atoms with Crippen molar-refractivity contribution in [1.29, 1.82) is 0 Å². The number of rotatable bonds is 5. The number of halogens is 1. The molecule has 1 heterocycles. The molecule has 0 spiro atoms. The number of anilines is 1. The van der Waals surface area contributed by atoms with Crippen molar-refractivity contribution < 1.29 is 13.9 Å². The number of fused-ring (bicyclic) bond motifs is 1. The number of ether oxygens (including phenoxy) is 1. The van der Waals surface area contributed by atoms with Crippen LogP contribution in [0, 0.1) is 5.82 Å². The van der Waals surface area contributed by atoms with Crippen LogP contribution in [0.1, 0.15) is 33.3 Å². The summed E-state index contributed by atoms with van der Waals surface area (Å²) in [6.07, 6.45) is 1.87. The van der Waals surface area contributed by atoms with Crippen LogP contribution in [0.2, 0.25) is 0 Å². The molecule has 1 amide bonds. The molecule has 26 heavy (non-hydrogen) atoms. The van der Waals surface area contributed by atoms with Gasteiger partial charge in [-0.3, -0.25) is 4.79 Å². The number of aromatic amines is 1. The van der Waals surface area contributed by atoms with Crippen molar-refractivity contribution in [3.05, 3.63) is 60.0 Å². The van der Waals surface area contributed by atoms with Crippen LogP contribution in [-0.4, -0.2) is 17.0 Å². The number of carbonyl (C=O) groups is 1. The Morgan fingerprint density at radius 3 is 2.50 bits per heavy atom. The minimum atomic E-state index is -0.789. The van der Waals surface area contributed by atoms with Gasteiger partial charge in [-0.1, -0.05) is 0 Å². The second-order valence-electron chi connectivity index (χ2n) is 7.16. The maximum absolute atomic E-state index is 13.4. The number of hydrogen-bond acceptors (Lipinski definition) is 2. The third kappa shape index (κ3) is 3.57. The molecule has 0 atom stereocenters. The van der Waals surface area contributed by atoms with E-state index in [4.69, 9.17) is 4.74 Å². The Morgan fingerprint density at radius 2 is 1.85 bits per heavy atom. The lowest BCUT2D eigenvalue weighted by molar-refractivity contribution is -0.120. The third-order valence-electron chi connectivity index (χ3n) is 4.37. The van der Waals surface area contributed by atoms with Crippen LogP contribution in [0.4, 0.5) is 10.1 Å². The Labute approximate surface area is 152 Å². The average molecular weight is 354 g/mol. The molecular weight excluding hydrogens is 331 g/mol. The standard InChI is InChI=1S/C21H23FN2O2/c1-13(2)26-16-8-6-15(7-9-16)24-20(25)21(3,4)18-12-23-19-11-14(22)5-10-17(18)19/h5-13,23H,1-4H3,(H,24,25). The van der Waals surface area contributed by atoms with Gasteiger partial charge in [0.05, 0.1) is 11.5 Å². The molecule has 0 aliphatic rings. The summed E-state index contributed by atoms with van der Waals surface area (Å²) in [6, 6.07) is 11.8. The summed E-state index contributed by atoms with van der Waals surface area (Å²) in [5.74, 6) is 0.313. The highest BCUT2D eigenvalue weighted by molar-refractivity contribution is 6.01. The number of nitrogens with one attached hydrogen (secondary N) is 2. The normalized spacial score (nSPS) is 11.8. The highest BCUT2D eigenvalue weighted by Gasteiger charge is 2.32. The van der Waals surface area contributed by atoms with Crippen LogP contribution in [0.5, 0.6) is 5.75 Å². The fourth-order valence-electron chi connectivity index (χ4n) is 2.91. The largest absolute Gasteiger partial charge is 0.491 e. The highest BCUT2D eigenvalue weighted by Crippen LogP contribution is 2.32. The molecule has 0 aliphatic heterocycles. The van der Waals surface area contributed by atoms with Crippen LogP contribution in [-0.2, 0) is 10.2 Å². The first kappa shape index (κ1) is 18.0. The number of carbonyl (C=O) groups excluding carboxylic acids is 1. The second kappa shape index (κ2) is 6.83. The van der Waals surface area contributed by atoms with Gasteiger partial charge in [0.15, 0.2) is 0 Å². The van der Waals surface area contributed by atoms with Gasteiger partial charge < -0.3 is 15.0 Å². The van der Waals surface area contributed by atoms with E-state index >= 15 is 0 Å². The van der Waals surface area contributed by atoms with Crippen LogP contribution in [0.25, 0.3) is 10.9 Å². The van der Waals surface area contributed by atoms with Gasteiger partial charge in [0.1, 0.15) is 11.6 Å². The smallest absolute Gasteiger partial charge is 0.234 e. The fraction of sp³-hybridized carbons (Fsp3) is 0.286. The molecule has 4 nitrogen and oxygen atoms in total. The molecule has 136 valence electrons. The Balaban J connectivity index is 1.81. The molecule has 0 radical (unpaired) electrons. The second-order valence-corrected chi connectivity index (χ2v) is 7.16. The van der Waals surface area contributed by atoms with Gasteiger partial charge in [0.25, 0.3) is 0 Å². The zero-order valence-electron chi connectivity index (χ0n) is 15.4. The molecule has 1 aromatic heterocycles. The van der Waals surface area contributed by atoms with E-state index in [-0.39, 0.29) is 17.8 Å². The van der Waals surface area contributed by atoms with Gasteiger partial charge >= 0.3 is 0 Å². The number of hydrogen-bond donors (Lipinski definition) is 2. The quantitative estimate of drug-likeness (QED) is 0.677. The zero-order chi connectivity index (χ0) is 18.9. The van der Waals surface area contributed by atoms with E-state index in [9.17, 15) is 9.18 Å². The maximum atomic E-state index is 13.4. The van der Waals surface area contributed by atoms with E-state index < -0.39 is 5.41 Å². The molecule has 0 aliphatic carbocycles. The highest BCUT2D eigenvalue weighted by atomic mass is 19.1. The van der Waals surface area contributed by atoms with Crippen molar-refractivity contribution in [3.63, 3.8) is 0 Å². The van der Waals surface area contributed by atoms with Crippen LogP contribution in [0.15, 0.2) is 48.7 Å². The van der Waals surface area contributed by atoms with Gasteiger partial charge in [0, 0.05) is 22.8 Å². The monoisotopic (exact) mass is 354 g/mol. The predicted octanol–water partition coefficient (Wildman–Crippen LogP) is 5.01. The summed E-state index contributed by atoms with van der Waals surface area (Å²) in [5.41, 5.74) is 1.41.